The van der Waals surface area contributed by atoms with Crippen molar-refractivity contribution in [3.63, 3.8) is 0 Å². The summed E-state index contributed by atoms with van der Waals surface area (Å²) < 4.78 is 18.8. The summed E-state index contributed by atoms with van der Waals surface area (Å²) >= 11 is 1.46. The largest absolute Gasteiger partial charge is 0.424 e. The van der Waals surface area contributed by atoms with Crippen molar-refractivity contribution in [2.24, 2.45) is 0 Å². The molecule has 2 aromatic rings. The van der Waals surface area contributed by atoms with Gasteiger partial charge in [-0.1, -0.05) is 13.8 Å². The second-order valence-electron chi connectivity index (χ2n) is 5.32. The molecular weight excluding hydrogens is 343 g/mol. The van der Waals surface area contributed by atoms with Crippen molar-refractivity contribution >= 4 is 23.2 Å². The third-order valence-electron chi connectivity index (χ3n) is 3.61. The van der Waals surface area contributed by atoms with E-state index in [1.807, 2.05) is 13.8 Å². The van der Waals surface area contributed by atoms with E-state index in [0.717, 1.165) is 10.6 Å². The molecule has 134 valence electrons. The first-order chi connectivity index (χ1) is 11.9. The highest BCUT2D eigenvalue weighted by Crippen LogP contribution is 2.33. The number of esters is 1. The molecule has 1 aromatic carbocycles. The Morgan fingerprint density at radius 1 is 1.28 bits per heavy atom. The zero-order chi connectivity index (χ0) is 18.6. The van der Waals surface area contributed by atoms with E-state index in [1.165, 1.54) is 30.4 Å². The number of ether oxygens (including phenoxy) is 1. The Hall–Kier alpha value is -2.28. The van der Waals surface area contributed by atoms with Crippen LogP contribution in [0.25, 0.3) is 10.6 Å². The fraction of sp³-hybridized carbons (Fsp3) is 0.389. The van der Waals surface area contributed by atoms with E-state index in [-0.39, 0.29) is 11.7 Å². The van der Waals surface area contributed by atoms with Gasteiger partial charge in [0, 0.05) is 37.3 Å². The second-order valence-corrected chi connectivity index (χ2v) is 6.40. The Bertz CT molecular complexity index is 789. The van der Waals surface area contributed by atoms with Gasteiger partial charge in [-0.05, 0) is 18.2 Å². The highest BCUT2D eigenvalue weighted by molar-refractivity contribution is 7.15. The minimum absolute atomic E-state index is 0.0439. The number of amides is 1. The number of benzene rings is 1. The maximum absolute atomic E-state index is 14.0. The average Bonchev–Trinajstić information content (AvgIpc) is 3.01. The average molecular weight is 364 g/mol. The quantitative estimate of drug-likeness (QED) is 0.601. The lowest BCUT2D eigenvalue weighted by Crippen LogP contribution is -2.33. The molecule has 0 aliphatic carbocycles. The number of aromatic nitrogens is 1. The van der Waals surface area contributed by atoms with Crippen molar-refractivity contribution in [2.45, 2.75) is 40.7 Å². The van der Waals surface area contributed by atoms with Crippen LogP contribution in [0.2, 0.25) is 0 Å². The number of nitrogens with zero attached hydrogens (tertiary/aromatic N) is 2. The van der Waals surface area contributed by atoms with Crippen molar-refractivity contribution in [2.75, 3.05) is 6.54 Å². The molecule has 0 radical (unpaired) electrons. The number of carbonyl (C=O) groups excluding carboxylic acids is 2. The predicted molar refractivity (Wildman–Crippen MR) is 95.0 cm³/mol. The lowest BCUT2D eigenvalue weighted by atomic mass is 10.1. The lowest BCUT2D eigenvalue weighted by molar-refractivity contribution is -0.132. The molecule has 0 spiro atoms. The summed E-state index contributed by atoms with van der Waals surface area (Å²) in [5, 5.41) is 0.702. The first-order valence-electron chi connectivity index (χ1n) is 8.16. The molecule has 0 unspecified atom stereocenters. The van der Waals surface area contributed by atoms with Crippen LogP contribution in [0, 0.1) is 5.82 Å². The SMILES string of the molecule is CC.CC(=O)Oc1ccc(-c2nc3c(s2)CN(C(C)=O)CC3)cc1F. The van der Waals surface area contributed by atoms with Crippen LogP contribution in [0.1, 0.15) is 38.3 Å². The fourth-order valence-electron chi connectivity index (χ4n) is 2.46. The Kier molecular flexibility index (Phi) is 6.25. The number of rotatable bonds is 2. The van der Waals surface area contributed by atoms with Crippen molar-refractivity contribution in [1.82, 2.24) is 9.88 Å². The highest BCUT2D eigenvalue weighted by atomic mass is 32.1. The molecule has 3 rings (SSSR count). The molecule has 5 nitrogen and oxygen atoms in total. The third kappa shape index (κ3) is 4.42. The minimum Gasteiger partial charge on any atom is -0.424 e. The van der Waals surface area contributed by atoms with Gasteiger partial charge in [0.1, 0.15) is 5.01 Å². The zero-order valence-corrected chi connectivity index (χ0v) is 15.6. The summed E-state index contributed by atoms with van der Waals surface area (Å²) in [5.41, 5.74) is 1.60. The molecule has 25 heavy (non-hydrogen) atoms. The second kappa shape index (κ2) is 8.20. The van der Waals surface area contributed by atoms with E-state index in [4.69, 9.17) is 4.74 Å². The van der Waals surface area contributed by atoms with E-state index >= 15 is 0 Å². The molecule has 0 fully saturated rings. The van der Waals surface area contributed by atoms with Gasteiger partial charge in [-0.2, -0.15) is 0 Å². The van der Waals surface area contributed by atoms with Gasteiger partial charge < -0.3 is 9.64 Å². The molecule has 2 heterocycles. The van der Waals surface area contributed by atoms with Crippen molar-refractivity contribution < 1.29 is 18.7 Å². The van der Waals surface area contributed by atoms with Gasteiger partial charge >= 0.3 is 5.97 Å². The van der Waals surface area contributed by atoms with Crippen LogP contribution in [-0.4, -0.2) is 28.3 Å². The van der Waals surface area contributed by atoms with E-state index in [1.54, 1.807) is 17.9 Å². The molecular formula is C18H21FN2O3S. The third-order valence-corrected chi connectivity index (χ3v) is 4.74. The van der Waals surface area contributed by atoms with Crippen molar-refractivity contribution in [3.8, 4) is 16.3 Å². The van der Waals surface area contributed by atoms with Crippen LogP contribution in [0.5, 0.6) is 5.75 Å². The molecule has 7 heteroatoms. The van der Waals surface area contributed by atoms with Crippen LogP contribution < -0.4 is 4.74 Å². The van der Waals surface area contributed by atoms with E-state index < -0.39 is 11.8 Å². The van der Waals surface area contributed by atoms with Crippen LogP contribution in [-0.2, 0) is 22.6 Å². The summed E-state index contributed by atoms with van der Waals surface area (Å²) in [7, 11) is 0. The molecule has 1 aliphatic heterocycles. The Balaban J connectivity index is 0.00000109. The van der Waals surface area contributed by atoms with E-state index in [9.17, 15) is 14.0 Å². The van der Waals surface area contributed by atoms with E-state index in [0.29, 0.717) is 30.1 Å². The summed E-state index contributed by atoms with van der Waals surface area (Å²) in [6, 6.07) is 4.41. The Morgan fingerprint density at radius 3 is 2.60 bits per heavy atom. The molecule has 0 N–H and O–H groups in total. The Labute approximate surface area is 150 Å². The molecule has 0 bridgehead atoms. The highest BCUT2D eigenvalue weighted by Gasteiger charge is 2.22. The van der Waals surface area contributed by atoms with E-state index in [2.05, 4.69) is 4.98 Å². The number of fused-ring (bicyclic) bond motifs is 1. The molecule has 1 aromatic heterocycles. The molecule has 0 atom stereocenters. The number of hydrogen-bond donors (Lipinski definition) is 0. The smallest absolute Gasteiger partial charge is 0.308 e. The van der Waals surface area contributed by atoms with Crippen LogP contribution in [0.3, 0.4) is 0 Å². The maximum Gasteiger partial charge on any atom is 0.308 e. The first kappa shape index (κ1) is 19.1. The van der Waals surface area contributed by atoms with Crippen LogP contribution in [0.4, 0.5) is 4.39 Å². The normalized spacial score (nSPS) is 12.8. The summed E-state index contributed by atoms with van der Waals surface area (Å²) in [4.78, 5) is 29.7. The standard InChI is InChI=1S/C16H15FN2O3S.C2H6/c1-9(20)19-6-5-13-15(8-19)23-16(18-13)11-3-4-14(12(17)7-11)22-10(2)21;1-2/h3-4,7H,5-6,8H2,1-2H3;1-2H3. The molecule has 1 amide bonds. The summed E-state index contributed by atoms with van der Waals surface area (Å²) in [6.07, 6.45) is 0.708. The molecule has 0 saturated carbocycles. The molecule has 1 aliphatic rings. The minimum atomic E-state index is -0.601. The number of halogens is 1. The molecule has 0 saturated heterocycles. The van der Waals surface area contributed by atoms with Gasteiger partial charge in [-0.25, -0.2) is 9.37 Å². The Morgan fingerprint density at radius 2 is 2.00 bits per heavy atom. The van der Waals surface area contributed by atoms with Gasteiger partial charge in [-0.3, -0.25) is 9.59 Å². The lowest BCUT2D eigenvalue weighted by Gasteiger charge is -2.24. The van der Waals surface area contributed by atoms with Gasteiger partial charge in [0.2, 0.25) is 5.91 Å². The first-order valence-corrected chi connectivity index (χ1v) is 8.98. The maximum atomic E-state index is 14.0. The predicted octanol–water partition coefficient (Wildman–Crippen LogP) is 3.81. The fourth-order valence-corrected chi connectivity index (χ4v) is 3.58. The van der Waals surface area contributed by atoms with Crippen LogP contribution >= 0.6 is 11.3 Å². The number of carbonyl (C=O) groups is 2. The topological polar surface area (TPSA) is 59.5 Å². The number of thiazole rings is 1. The zero-order valence-electron chi connectivity index (χ0n) is 14.8. The van der Waals surface area contributed by atoms with Gasteiger partial charge in [0.15, 0.2) is 11.6 Å². The van der Waals surface area contributed by atoms with Crippen molar-refractivity contribution in [1.29, 1.82) is 0 Å². The monoisotopic (exact) mass is 364 g/mol. The van der Waals surface area contributed by atoms with Crippen molar-refractivity contribution in [3.05, 3.63) is 34.6 Å². The number of hydrogen-bond acceptors (Lipinski definition) is 5. The van der Waals surface area contributed by atoms with Gasteiger partial charge in [-0.15, -0.1) is 11.3 Å². The summed E-state index contributed by atoms with van der Waals surface area (Å²) in [5.74, 6) is -1.21. The van der Waals surface area contributed by atoms with Crippen LogP contribution in [0.15, 0.2) is 18.2 Å². The van der Waals surface area contributed by atoms with Gasteiger partial charge in [0.05, 0.1) is 12.2 Å². The van der Waals surface area contributed by atoms with Gasteiger partial charge in [0.25, 0.3) is 0 Å². The summed E-state index contributed by atoms with van der Waals surface area (Å²) in [6.45, 7) is 7.99.